The molecule has 0 fully saturated rings. The van der Waals surface area contributed by atoms with E-state index in [-0.39, 0.29) is 6.61 Å². The number of halogens is 2. The number of nitrogens with two attached hydrogens (primary N) is 2. The molecular weight excluding hydrogens is 299 g/mol. The summed E-state index contributed by atoms with van der Waals surface area (Å²) >= 11 is 12.0. The summed E-state index contributed by atoms with van der Waals surface area (Å²) in [5.41, 5.74) is 12.6. The first-order chi connectivity index (χ1) is 9.47. The first kappa shape index (κ1) is 14.5. The van der Waals surface area contributed by atoms with Crippen molar-refractivity contribution in [2.45, 2.75) is 6.61 Å². The van der Waals surface area contributed by atoms with Crippen LogP contribution in [-0.4, -0.2) is 5.91 Å². The molecule has 0 aromatic heterocycles. The summed E-state index contributed by atoms with van der Waals surface area (Å²) in [7, 11) is 0. The zero-order valence-electron chi connectivity index (χ0n) is 10.4. The van der Waals surface area contributed by atoms with Crippen LogP contribution in [0.5, 0.6) is 5.75 Å². The van der Waals surface area contributed by atoms with Gasteiger partial charge in [-0.1, -0.05) is 35.3 Å². The van der Waals surface area contributed by atoms with E-state index in [1.54, 1.807) is 36.4 Å². The molecule has 20 heavy (non-hydrogen) atoms. The highest BCUT2D eigenvalue weighted by atomic mass is 35.5. The SMILES string of the molecule is NC(=O)c1ccc(COc2c(Cl)cc(N)cc2Cl)cc1. The summed E-state index contributed by atoms with van der Waals surface area (Å²) in [5.74, 6) is -0.0939. The zero-order chi connectivity index (χ0) is 14.7. The lowest BCUT2D eigenvalue weighted by atomic mass is 10.1. The molecule has 2 aromatic carbocycles. The Morgan fingerprint density at radius 2 is 1.65 bits per heavy atom. The molecule has 2 rings (SSSR count). The number of benzene rings is 2. The van der Waals surface area contributed by atoms with Crippen LogP contribution in [0.25, 0.3) is 0 Å². The van der Waals surface area contributed by atoms with Gasteiger partial charge in [-0.15, -0.1) is 0 Å². The molecule has 0 aliphatic heterocycles. The van der Waals surface area contributed by atoms with E-state index in [4.69, 9.17) is 39.4 Å². The third kappa shape index (κ3) is 3.35. The van der Waals surface area contributed by atoms with Crippen LogP contribution in [0, 0.1) is 0 Å². The Morgan fingerprint density at radius 3 is 2.15 bits per heavy atom. The Bertz CT molecular complexity index is 619. The summed E-state index contributed by atoms with van der Waals surface area (Å²) in [6.07, 6.45) is 0. The first-order valence-electron chi connectivity index (χ1n) is 5.73. The number of carbonyl (C=O) groups excluding carboxylic acids is 1. The number of anilines is 1. The van der Waals surface area contributed by atoms with Crippen LogP contribution < -0.4 is 16.2 Å². The normalized spacial score (nSPS) is 10.3. The fraction of sp³-hybridized carbons (Fsp3) is 0.0714. The van der Waals surface area contributed by atoms with Crippen LogP contribution in [0.3, 0.4) is 0 Å². The Kier molecular flexibility index (Phi) is 4.37. The number of ether oxygens (including phenoxy) is 1. The molecule has 4 nitrogen and oxygen atoms in total. The van der Waals surface area contributed by atoms with Crippen molar-refractivity contribution in [1.82, 2.24) is 0 Å². The van der Waals surface area contributed by atoms with E-state index in [9.17, 15) is 4.79 Å². The second-order valence-corrected chi connectivity index (χ2v) is 4.98. The lowest BCUT2D eigenvalue weighted by Gasteiger charge is -2.11. The Morgan fingerprint density at radius 1 is 1.10 bits per heavy atom. The molecule has 0 saturated carbocycles. The smallest absolute Gasteiger partial charge is 0.248 e. The van der Waals surface area contributed by atoms with Crippen LogP contribution in [0.4, 0.5) is 5.69 Å². The van der Waals surface area contributed by atoms with Crippen molar-refractivity contribution in [3.63, 3.8) is 0 Å². The first-order valence-corrected chi connectivity index (χ1v) is 6.49. The largest absolute Gasteiger partial charge is 0.486 e. The quantitative estimate of drug-likeness (QED) is 0.851. The fourth-order valence-electron chi connectivity index (χ4n) is 1.64. The predicted molar refractivity (Wildman–Crippen MR) is 80.2 cm³/mol. The van der Waals surface area contributed by atoms with Crippen molar-refractivity contribution in [3.8, 4) is 5.75 Å². The number of primary amides is 1. The summed E-state index contributed by atoms with van der Waals surface area (Å²) in [6, 6.07) is 9.90. The highest BCUT2D eigenvalue weighted by molar-refractivity contribution is 6.37. The second-order valence-electron chi connectivity index (χ2n) is 4.16. The number of amides is 1. The number of hydrogen-bond donors (Lipinski definition) is 2. The topological polar surface area (TPSA) is 78.3 Å². The highest BCUT2D eigenvalue weighted by Crippen LogP contribution is 2.35. The van der Waals surface area contributed by atoms with Crippen LogP contribution in [0.1, 0.15) is 15.9 Å². The van der Waals surface area contributed by atoms with E-state index in [1.165, 1.54) is 0 Å². The van der Waals surface area contributed by atoms with Gasteiger partial charge in [-0.25, -0.2) is 0 Å². The van der Waals surface area contributed by atoms with Gasteiger partial charge in [0.25, 0.3) is 0 Å². The second kappa shape index (κ2) is 6.03. The predicted octanol–water partition coefficient (Wildman–Crippen LogP) is 3.25. The third-order valence-electron chi connectivity index (χ3n) is 2.64. The van der Waals surface area contributed by atoms with Crippen molar-refractivity contribution < 1.29 is 9.53 Å². The van der Waals surface area contributed by atoms with Gasteiger partial charge in [0.2, 0.25) is 5.91 Å². The van der Waals surface area contributed by atoms with Gasteiger partial charge < -0.3 is 16.2 Å². The van der Waals surface area contributed by atoms with Gasteiger partial charge in [0, 0.05) is 11.3 Å². The van der Waals surface area contributed by atoms with Gasteiger partial charge in [0.05, 0.1) is 10.0 Å². The summed E-state index contributed by atoms with van der Waals surface area (Å²) in [6.45, 7) is 0.266. The number of nitrogen functional groups attached to an aromatic ring is 1. The van der Waals surface area contributed by atoms with Gasteiger partial charge >= 0.3 is 0 Å². The minimum atomic E-state index is -0.470. The summed E-state index contributed by atoms with van der Waals surface area (Å²) in [5, 5.41) is 0.701. The molecule has 0 spiro atoms. The van der Waals surface area contributed by atoms with E-state index < -0.39 is 5.91 Å². The van der Waals surface area contributed by atoms with Gasteiger partial charge in [-0.3, -0.25) is 4.79 Å². The maximum absolute atomic E-state index is 11.0. The highest BCUT2D eigenvalue weighted by Gasteiger charge is 2.09. The molecule has 6 heteroatoms. The average Bonchev–Trinajstić information content (AvgIpc) is 2.38. The zero-order valence-corrected chi connectivity index (χ0v) is 11.9. The summed E-state index contributed by atoms with van der Waals surface area (Å²) in [4.78, 5) is 11.0. The molecule has 0 aliphatic carbocycles. The van der Waals surface area contributed by atoms with Crippen LogP contribution in [0.2, 0.25) is 10.0 Å². The molecule has 0 radical (unpaired) electrons. The van der Waals surface area contributed by atoms with E-state index in [2.05, 4.69) is 0 Å². The van der Waals surface area contributed by atoms with Crippen LogP contribution in [0.15, 0.2) is 36.4 Å². The molecule has 0 atom stereocenters. The molecule has 0 heterocycles. The van der Waals surface area contributed by atoms with Crippen molar-refractivity contribution in [2.75, 3.05) is 5.73 Å². The average molecular weight is 311 g/mol. The van der Waals surface area contributed by atoms with Crippen molar-refractivity contribution in [2.24, 2.45) is 5.73 Å². The molecule has 1 amide bonds. The Labute approximate surface area is 126 Å². The molecule has 4 N–H and O–H groups in total. The van der Waals surface area contributed by atoms with Crippen molar-refractivity contribution in [3.05, 3.63) is 57.6 Å². The van der Waals surface area contributed by atoms with Crippen LogP contribution >= 0.6 is 23.2 Å². The molecule has 0 bridgehead atoms. The molecule has 0 unspecified atom stereocenters. The maximum atomic E-state index is 11.0. The Hall–Kier alpha value is -1.91. The van der Waals surface area contributed by atoms with Gasteiger partial charge in [0.15, 0.2) is 5.75 Å². The standard InChI is InChI=1S/C14H12Cl2N2O2/c15-11-5-10(17)6-12(16)13(11)20-7-8-1-3-9(4-2-8)14(18)19/h1-6H,7,17H2,(H2,18,19). The van der Waals surface area contributed by atoms with E-state index in [1.807, 2.05) is 0 Å². The van der Waals surface area contributed by atoms with Gasteiger partial charge in [-0.05, 0) is 29.8 Å². The lowest BCUT2D eigenvalue weighted by molar-refractivity contribution is 0.1000. The van der Waals surface area contributed by atoms with E-state index in [0.29, 0.717) is 27.0 Å². The van der Waals surface area contributed by atoms with Crippen molar-refractivity contribution in [1.29, 1.82) is 0 Å². The monoisotopic (exact) mass is 310 g/mol. The van der Waals surface area contributed by atoms with Crippen molar-refractivity contribution >= 4 is 34.8 Å². The molecule has 2 aromatic rings. The van der Waals surface area contributed by atoms with E-state index >= 15 is 0 Å². The Balaban J connectivity index is 2.11. The third-order valence-corrected chi connectivity index (χ3v) is 3.20. The summed E-state index contributed by atoms with van der Waals surface area (Å²) < 4.78 is 5.57. The minimum Gasteiger partial charge on any atom is -0.486 e. The van der Waals surface area contributed by atoms with E-state index in [0.717, 1.165) is 5.56 Å². The number of hydrogen-bond acceptors (Lipinski definition) is 3. The number of carbonyl (C=O) groups is 1. The molecular formula is C14H12Cl2N2O2. The molecule has 0 saturated heterocycles. The van der Waals surface area contributed by atoms with Gasteiger partial charge in [0.1, 0.15) is 6.61 Å². The van der Waals surface area contributed by atoms with Gasteiger partial charge in [-0.2, -0.15) is 0 Å². The molecule has 104 valence electrons. The maximum Gasteiger partial charge on any atom is 0.248 e. The number of rotatable bonds is 4. The minimum absolute atomic E-state index is 0.266. The lowest BCUT2D eigenvalue weighted by Crippen LogP contribution is -2.10. The molecule has 0 aliphatic rings. The van der Waals surface area contributed by atoms with Crippen LogP contribution in [-0.2, 0) is 6.61 Å². The fourth-order valence-corrected chi connectivity index (χ4v) is 2.25.